The third-order valence-corrected chi connectivity index (χ3v) is 4.22. The summed E-state index contributed by atoms with van der Waals surface area (Å²) in [5.74, 6) is -0.0772. The van der Waals surface area contributed by atoms with E-state index in [-0.39, 0.29) is 18.5 Å². The molecule has 5 nitrogen and oxygen atoms in total. The van der Waals surface area contributed by atoms with Gasteiger partial charge in [-0.2, -0.15) is 0 Å². The van der Waals surface area contributed by atoms with Crippen molar-refractivity contribution in [2.45, 2.75) is 27.2 Å². The van der Waals surface area contributed by atoms with Crippen LogP contribution in [0.25, 0.3) is 0 Å². The molecule has 0 fully saturated rings. The minimum absolute atomic E-state index is 0.124. The van der Waals surface area contributed by atoms with Crippen molar-refractivity contribution in [3.63, 3.8) is 0 Å². The molecule has 0 spiro atoms. The Hall–Kier alpha value is -2.53. The topological polar surface area (TPSA) is 64.6 Å². The van der Waals surface area contributed by atoms with E-state index < -0.39 is 0 Å². The van der Waals surface area contributed by atoms with Gasteiger partial charge in [-0.25, -0.2) is 4.79 Å². The number of benzene rings is 2. The number of rotatable bonds is 7. The number of hydrogen-bond acceptors (Lipinski definition) is 4. The smallest absolute Gasteiger partial charge is 0.338 e. The Bertz CT molecular complexity index is 764. The first-order valence-corrected chi connectivity index (χ1v) is 8.75. The molecule has 0 bridgehead atoms. The summed E-state index contributed by atoms with van der Waals surface area (Å²) in [5.41, 5.74) is 2.81. The van der Waals surface area contributed by atoms with Crippen molar-refractivity contribution < 1.29 is 19.1 Å². The van der Waals surface area contributed by atoms with E-state index in [1.807, 2.05) is 20.8 Å². The van der Waals surface area contributed by atoms with Gasteiger partial charge in [0.05, 0.1) is 12.2 Å². The van der Waals surface area contributed by atoms with Gasteiger partial charge >= 0.3 is 5.97 Å². The quantitative estimate of drug-likeness (QED) is 0.721. The summed E-state index contributed by atoms with van der Waals surface area (Å²) >= 11 is 6.11. The fraction of sp³-hybridized carbons (Fsp3) is 0.300. The van der Waals surface area contributed by atoms with Crippen LogP contribution in [0.15, 0.2) is 36.4 Å². The molecule has 1 N–H and O–H groups in total. The summed E-state index contributed by atoms with van der Waals surface area (Å²) in [6, 6.07) is 10.1. The normalized spacial score (nSPS) is 10.3. The summed E-state index contributed by atoms with van der Waals surface area (Å²) in [6.07, 6.45) is 0.770. The van der Waals surface area contributed by atoms with Crippen LogP contribution in [0.1, 0.15) is 34.8 Å². The van der Waals surface area contributed by atoms with Gasteiger partial charge in [0.15, 0.2) is 6.61 Å². The minimum Gasteiger partial charge on any atom is -0.484 e. The van der Waals surface area contributed by atoms with Crippen LogP contribution in [0.3, 0.4) is 0 Å². The fourth-order valence-electron chi connectivity index (χ4n) is 2.30. The Balaban J connectivity index is 1.89. The number of carbonyl (C=O) groups is 2. The zero-order valence-corrected chi connectivity index (χ0v) is 15.9. The maximum atomic E-state index is 12.0. The maximum absolute atomic E-state index is 12.0. The summed E-state index contributed by atoms with van der Waals surface area (Å²) in [4.78, 5) is 23.8. The van der Waals surface area contributed by atoms with Crippen LogP contribution in [0.2, 0.25) is 5.02 Å². The van der Waals surface area contributed by atoms with E-state index in [0.717, 1.165) is 17.5 Å². The zero-order chi connectivity index (χ0) is 19.1. The van der Waals surface area contributed by atoms with E-state index in [2.05, 4.69) is 5.32 Å². The lowest BCUT2D eigenvalue weighted by atomic mass is 10.1. The first-order chi connectivity index (χ1) is 12.4. The molecular formula is C20H22ClNO4. The number of halogens is 1. The van der Waals surface area contributed by atoms with Crippen LogP contribution >= 0.6 is 11.6 Å². The lowest BCUT2D eigenvalue weighted by molar-refractivity contribution is -0.118. The molecule has 1 amide bonds. The van der Waals surface area contributed by atoms with E-state index in [0.29, 0.717) is 28.6 Å². The molecule has 0 aliphatic carbocycles. The van der Waals surface area contributed by atoms with E-state index in [1.54, 1.807) is 36.4 Å². The van der Waals surface area contributed by atoms with E-state index >= 15 is 0 Å². The number of esters is 1. The lowest BCUT2D eigenvalue weighted by Gasteiger charge is -2.10. The van der Waals surface area contributed by atoms with Crippen LogP contribution < -0.4 is 10.1 Å². The fourth-order valence-corrected chi connectivity index (χ4v) is 2.41. The van der Waals surface area contributed by atoms with Crippen molar-refractivity contribution in [2.24, 2.45) is 0 Å². The Morgan fingerprint density at radius 2 is 1.69 bits per heavy atom. The van der Waals surface area contributed by atoms with Gasteiger partial charge < -0.3 is 14.8 Å². The Labute approximate surface area is 158 Å². The second-order valence-electron chi connectivity index (χ2n) is 5.92. The van der Waals surface area contributed by atoms with Gasteiger partial charge in [-0.05, 0) is 67.8 Å². The van der Waals surface area contributed by atoms with Gasteiger partial charge in [-0.3, -0.25) is 4.79 Å². The standard InChI is InChI=1S/C20H22ClNO4/c1-4-9-25-20(24)15-5-7-16(8-6-15)22-18(23)12-26-17-10-13(2)19(21)14(3)11-17/h5-8,10-11H,4,9,12H2,1-3H3,(H,22,23). The monoisotopic (exact) mass is 375 g/mol. The van der Waals surface area contributed by atoms with Crippen molar-refractivity contribution in [2.75, 3.05) is 18.5 Å². The number of hydrogen-bond donors (Lipinski definition) is 1. The molecule has 0 unspecified atom stereocenters. The predicted octanol–water partition coefficient (Wildman–Crippen LogP) is 4.54. The van der Waals surface area contributed by atoms with Crippen LogP contribution in [-0.4, -0.2) is 25.1 Å². The van der Waals surface area contributed by atoms with E-state index in [1.165, 1.54) is 0 Å². The number of amides is 1. The van der Waals surface area contributed by atoms with Crippen molar-refractivity contribution >= 4 is 29.2 Å². The summed E-state index contributed by atoms with van der Waals surface area (Å²) in [6.45, 7) is 5.96. The molecule has 6 heteroatoms. The third-order valence-electron chi connectivity index (χ3n) is 3.62. The highest BCUT2D eigenvalue weighted by atomic mass is 35.5. The van der Waals surface area contributed by atoms with E-state index in [9.17, 15) is 9.59 Å². The molecule has 2 rings (SSSR count). The molecule has 2 aromatic carbocycles. The predicted molar refractivity (Wildman–Crippen MR) is 102 cm³/mol. The number of nitrogens with one attached hydrogen (secondary N) is 1. The van der Waals surface area contributed by atoms with Gasteiger partial charge in [0.25, 0.3) is 5.91 Å². The molecule has 0 aliphatic rings. The van der Waals surface area contributed by atoms with Crippen molar-refractivity contribution in [3.05, 3.63) is 58.1 Å². The number of ether oxygens (including phenoxy) is 2. The second-order valence-corrected chi connectivity index (χ2v) is 6.30. The molecule has 0 saturated carbocycles. The highest BCUT2D eigenvalue weighted by Gasteiger charge is 2.09. The molecule has 2 aromatic rings. The summed E-state index contributed by atoms with van der Waals surface area (Å²) in [5, 5.41) is 3.41. The Kier molecular flexibility index (Phi) is 7.04. The minimum atomic E-state index is -0.374. The first-order valence-electron chi connectivity index (χ1n) is 8.37. The third kappa shape index (κ3) is 5.49. The molecule has 0 saturated heterocycles. The van der Waals surface area contributed by atoms with Gasteiger partial charge in [0.2, 0.25) is 0 Å². The number of aryl methyl sites for hydroxylation is 2. The average Bonchev–Trinajstić information content (AvgIpc) is 2.63. The van der Waals surface area contributed by atoms with Gasteiger partial charge in [0.1, 0.15) is 5.75 Å². The van der Waals surface area contributed by atoms with Crippen LogP contribution in [-0.2, 0) is 9.53 Å². The van der Waals surface area contributed by atoms with Crippen molar-refractivity contribution in [3.8, 4) is 5.75 Å². The molecule has 0 atom stereocenters. The van der Waals surface area contributed by atoms with Crippen molar-refractivity contribution in [1.29, 1.82) is 0 Å². The molecular weight excluding hydrogens is 354 g/mol. The molecule has 0 aliphatic heterocycles. The van der Waals surface area contributed by atoms with Gasteiger partial charge in [-0.15, -0.1) is 0 Å². The van der Waals surface area contributed by atoms with Crippen LogP contribution in [0.5, 0.6) is 5.75 Å². The maximum Gasteiger partial charge on any atom is 0.338 e. The van der Waals surface area contributed by atoms with Crippen LogP contribution in [0.4, 0.5) is 5.69 Å². The SMILES string of the molecule is CCCOC(=O)c1ccc(NC(=O)COc2cc(C)c(Cl)c(C)c2)cc1. The molecule has 138 valence electrons. The number of anilines is 1. The second kappa shape index (κ2) is 9.25. The highest BCUT2D eigenvalue weighted by Crippen LogP contribution is 2.25. The number of carbonyl (C=O) groups excluding carboxylic acids is 2. The van der Waals surface area contributed by atoms with Crippen LogP contribution in [0, 0.1) is 13.8 Å². The highest BCUT2D eigenvalue weighted by molar-refractivity contribution is 6.32. The summed E-state index contributed by atoms with van der Waals surface area (Å²) < 4.78 is 10.6. The van der Waals surface area contributed by atoms with Gasteiger partial charge in [0, 0.05) is 10.7 Å². The molecule has 0 radical (unpaired) electrons. The molecule has 26 heavy (non-hydrogen) atoms. The average molecular weight is 376 g/mol. The zero-order valence-electron chi connectivity index (χ0n) is 15.1. The largest absolute Gasteiger partial charge is 0.484 e. The molecule has 0 heterocycles. The summed E-state index contributed by atoms with van der Waals surface area (Å²) in [7, 11) is 0. The lowest BCUT2D eigenvalue weighted by Crippen LogP contribution is -2.20. The van der Waals surface area contributed by atoms with Gasteiger partial charge in [-0.1, -0.05) is 18.5 Å². The van der Waals surface area contributed by atoms with Crippen molar-refractivity contribution in [1.82, 2.24) is 0 Å². The molecule has 0 aromatic heterocycles. The van der Waals surface area contributed by atoms with E-state index in [4.69, 9.17) is 21.1 Å². The Morgan fingerprint density at radius 3 is 2.27 bits per heavy atom. The first kappa shape index (κ1) is 19.8. The Morgan fingerprint density at radius 1 is 1.08 bits per heavy atom.